The summed E-state index contributed by atoms with van der Waals surface area (Å²) in [4.78, 5) is 8.44. The van der Waals surface area contributed by atoms with Crippen molar-refractivity contribution in [3.8, 4) is 0 Å². The fourth-order valence-electron chi connectivity index (χ4n) is 1.35. The second-order valence-corrected chi connectivity index (χ2v) is 3.63. The predicted molar refractivity (Wildman–Crippen MR) is 65.0 cm³/mol. The van der Waals surface area contributed by atoms with Crippen molar-refractivity contribution in [2.24, 2.45) is 0 Å². The van der Waals surface area contributed by atoms with Crippen molar-refractivity contribution in [2.75, 3.05) is 11.1 Å². The molecule has 0 aliphatic carbocycles. The fraction of sp³-hybridized carbons (Fsp3) is 0.167. The van der Waals surface area contributed by atoms with Gasteiger partial charge in [-0.3, -0.25) is 9.97 Å². The van der Waals surface area contributed by atoms with Gasteiger partial charge in [-0.15, -0.1) is 0 Å². The zero-order valence-electron chi connectivity index (χ0n) is 9.14. The number of hydrogen-bond acceptors (Lipinski definition) is 4. The third kappa shape index (κ3) is 2.70. The second-order valence-electron chi connectivity index (χ2n) is 3.63. The van der Waals surface area contributed by atoms with Crippen LogP contribution in [0.1, 0.15) is 11.4 Å². The van der Waals surface area contributed by atoms with Crippen LogP contribution in [0.5, 0.6) is 0 Å². The average Bonchev–Trinajstić information content (AvgIpc) is 2.28. The van der Waals surface area contributed by atoms with Crippen molar-refractivity contribution >= 4 is 11.4 Å². The number of hydrogen-bond donors (Lipinski definition) is 2. The normalized spacial score (nSPS) is 10.1. The summed E-state index contributed by atoms with van der Waals surface area (Å²) in [5.41, 5.74) is 9.25. The highest BCUT2D eigenvalue weighted by atomic mass is 14.9. The van der Waals surface area contributed by atoms with Crippen molar-refractivity contribution in [3.05, 3.63) is 48.0 Å². The van der Waals surface area contributed by atoms with E-state index < -0.39 is 0 Å². The molecule has 3 N–H and O–H groups in total. The van der Waals surface area contributed by atoms with Gasteiger partial charge in [-0.2, -0.15) is 0 Å². The van der Waals surface area contributed by atoms with Gasteiger partial charge in [-0.05, 0) is 25.1 Å². The molecule has 4 nitrogen and oxygen atoms in total. The molecule has 0 bridgehead atoms. The van der Waals surface area contributed by atoms with Crippen LogP contribution in [0.3, 0.4) is 0 Å². The highest BCUT2D eigenvalue weighted by Gasteiger charge is 1.96. The van der Waals surface area contributed by atoms with E-state index >= 15 is 0 Å². The SMILES string of the molecule is Cc1cnc(CNc2cccc(N)c2)cn1. The summed E-state index contributed by atoms with van der Waals surface area (Å²) in [7, 11) is 0. The van der Waals surface area contributed by atoms with Gasteiger partial charge in [-0.25, -0.2) is 0 Å². The predicted octanol–water partition coefficient (Wildman–Crippen LogP) is 1.98. The Morgan fingerprint density at radius 3 is 2.81 bits per heavy atom. The number of anilines is 2. The molecule has 0 unspecified atom stereocenters. The van der Waals surface area contributed by atoms with Crippen LogP contribution in [-0.4, -0.2) is 9.97 Å². The van der Waals surface area contributed by atoms with Gasteiger partial charge in [0.05, 0.1) is 24.1 Å². The Bertz CT molecular complexity index is 465. The van der Waals surface area contributed by atoms with Gasteiger partial charge >= 0.3 is 0 Å². The lowest BCUT2D eigenvalue weighted by atomic mass is 10.3. The lowest BCUT2D eigenvalue weighted by Crippen LogP contribution is -2.02. The van der Waals surface area contributed by atoms with Crippen LogP contribution >= 0.6 is 0 Å². The van der Waals surface area contributed by atoms with Crippen molar-refractivity contribution in [1.29, 1.82) is 0 Å². The van der Waals surface area contributed by atoms with Crippen LogP contribution in [0.4, 0.5) is 11.4 Å². The topological polar surface area (TPSA) is 63.8 Å². The highest BCUT2D eigenvalue weighted by molar-refractivity contribution is 5.54. The van der Waals surface area contributed by atoms with Crippen molar-refractivity contribution in [3.63, 3.8) is 0 Å². The first kappa shape index (κ1) is 10.4. The molecule has 0 saturated heterocycles. The summed E-state index contributed by atoms with van der Waals surface area (Å²) in [6.45, 7) is 2.57. The van der Waals surface area contributed by atoms with Crippen LogP contribution in [0, 0.1) is 6.92 Å². The molecule has 1 aromatic carbocycles. The van der Waals surface area contributed by atoms with Gasteiger partial charge in [0, 0.05) is 17.6 Å². The second kappa shape index (κ2) is 4.61. The molecule has 0 aliphatic rings. The highest BCUT2D eigenvalue weighted by Crippen LogP contribution is 2.12. The standard InChI is InChI=1S/C12H14N4/c1-9-6-15-12(7-14-9)8-16-11-4-2-3-10(13)5-11/h2-7,16H,8,13H2,1H3. The molecular weight excluding hydrogens is 200 g/mol. The van der Waals surface area contributed by atoms with Crippen LogP contribution in [0.15, 0.2) is 36.7 Å². The van der Waals surface area contributed by atoms with Crippen molar-refractivity contribution < 1.29 is 0 Å². The molecule has 0 saturated carbocycles. The maximum Gasteiger partial charge on any atom is 0.0777 e. The zero-order valence-corrected chi connectivity index (χ0v) is 9.14. The van der Waals surface area contributed by atoms with E-state index in [1.165, 1.54) is 0 Å². The Hall–Kier alpha value is -2.10. The van der Waals surface area contributed by atoms with E-state index in [0.29, 0.717) is 6.54 Å². The van der Waals surface area contributed by atoms with E-state index in [1.54, 1.807) is 12.4 Å². The first-order valence-corrected chi connectivity index (χ1v) is 5.11. The minimum absolute atomic E-state index is 0.650. The first-order chi connectivity index (χ1) is 7.74. The summed E-state index contributed by atoms with van der Waals surface area (Å²) in [5.74, 6) is 0. The van der Waals surface area contributed by atoms with Crippen LogP contribution in [-0.2, 0) is 6.54 Å². The van der Waals surface area contributed by atoms with E-state index in [0.717, 1.165) is 22.8 Å². The van der Waals surface area contributed by atoms with Gasteiger partial charge in [0.2, 0.25) is 0 Å². The smallest absolute Gasteiger partial charge is 0.0777 e. The minimum atomic E-state index is 0.650. The van der Waals surface area contributed by atoms with E-state index in [9.17, 15) is 0 Å². The Morgan fingerprint density at radius 1 is 1.25 bits per heavy atom. The number of nitrogens with zero attached hydrogens (tertiary/aromatic N) is 2. The van der Waals surface area contributed by atoms with E-state index in [2.05, 4.69) is 15.3 Å². The molecule has 16 heavy (non-hydrogen) atoms. The number of aryl methyl sites for hydroxylation is 1. The summed E-state index contributed by atoms with van der Waals surface area (Å²) in [6, 6.07) is 7.63. The third-order valence-corrected chi connectivity index (χ3v) is 2.19. The monoisotopic (exact) mass is 214 g/mol. The Labute approximate surface area is 94.5 Å². The summed E-state index contributed by atoms with van der Waals surface area (Å²) in [5, 5.41) is 3.24. The zero-order chi connectivity index (χ0) is 11.4. The number of rotatable bonds is 3. The molecule has 0 radical (unpaired) electrons. The number of nitrogen functional groups attached to an aromatic ring is 1. The number of benzene rings is 1. The quantitative estimate of drug-likeness (QED) is 0.767. The summed E-state index contributed by atoms with van der Waals surface area (Å²) in [6.07, 6.45) is 3.53. The molecule has 1 aromatic heterocycles. The average molecular weight is 214 g/mol. The molecule has 0 amide bonds. The Morgan fingerprint density at radius 2 is 2.12 bits per heavy atom. The Kier molecular flexibility index (Phi) is 3.00. The first-order valence-electron chi connectivity index (χ1n) is 5.11. The molecule has 0 aliphatic heterocycles. The maximum atomic E-state index is 5.68. The fourth-order valence-corrected chi connectivity index (χ4v) is 1.35. The van der Waals surface area contributed by atoms with Gasteiger partial charge in [0.1, 0.15) is 0 Å². The lowest BCUT2D eigenvalue weighted by Gasteiger charge is -2.06. The van der Waals surface area contributed by atoms with E-state index in [1.807, 2.05) is 31.2 Å². The third-order valence-electron chi connectivity index (χ3n) is 2.19. The number of aromatic nitrogens is 2. The van der Waals surface area contributed by atoms with E-state index in [4.69, 9.17) is 5.73 Å². The molecule has 4 heteroatoms. The molecular formula is C12H14N4. The number of nitrogens with two attached hydrogens (primary N) is 1. The van der Waals surface area contributed by atoms with E-state index in [-0.39, 0.29) is 0 Å². The molecule has 0 fully saturated rings. The lowest BCUT2D eigenvalue weighted by molar-refractivity contribution is 0.985. The maximum absolute atomic E-state index is 5.68. The van der Waals surface area contributed by atoms with Gasteiger partial charge in [-0.1, -0.05) is 6.07 Å². The van der Waals surface area contributed by atoms with Crippen LogP contribution < -0.4 is 11.1 Å². The molecule has 2 aromatic rings. The van der Waals surface area contributed by atoms with Crippen molar-refractivity contribution in [2.45, 2.75) is 13.5 Å². The molecule has 2 rings (SSSR count). The van der Waals surface area contributed by atoms with Gasteiger partial charge in [0.25, 0.3) is 0 Å². The van der Waals surface area contributed by atoms with Crippen LogP contribution in [0.25, 0.3) is 0 Å². The molecule has 82 valence electrons. The van der Waals surface area contributed by atoms with Crippen LogP contribution in [0.2, 0.25) is 0 Å². The van der Waals surface area contributed by atoms with Gasteiger partial charge in [0.15, 0.2) is 0 Å². The molecule has 0 spiro atoms. The summed E-state index contributed by atoms with van der Waals surface area (Å²) >= 11 is 0. The molecule has 1 heterocycles. The van der Waals surface area contributed by atoms with Gasteiger partial charge < -0.3 is 11.1 Å². The minimum Gasteiger partial charge on any atom is -0.399 e. The molecule has 0 atom stereocenters. The summed E-state index contributed by atoms with van der Waals surface area (Å²) < 4.78 is 0. The largest absolute Gasteiger partial charge is 0.399 e. The van der Waals surface area contributed by atoms with Crippen molar-refractivity contribution in [1.82, 2.24) is 9.97 Å². The number of nitrogens with one attached hydrogen (secondary N) is 1. The Balaban J connectivity index is 1.99.